The summed E-state index contributed by atoms with van der Waals surface area (Å²) in [6, 6.07) is 0. The van der Waals surface area contributed by atoms with Gasteiger partial charge >= 0.3 is 0 Å². The van der Waals surface area contributed by atoms with Gasteiger partial charge in [-0.15, -0.1) is 0 Å². The van der Waals surface area contributed by atoms with Gasteiger partial charge < -0.3 is 10.4 Å². The quantitative estimate of drug-likeness (QED) is 0.537. The maximum atomic E-state index is 10.2. The Morgan fingerprint density at radius 1 is 1.60 bits per heavy atom. The lowest BCUT2D eigenvalue weighted by Crippen LogP contribution is -2.67. The van der Waals surface area contributed by atoms with E-state index in [-0.39, 0.29) is 5.54 Å². The van der Waals surface area contributed by atoms with E-state index >= 15 is 0 Å². The minimum atomic E-state index is -0.551. The number of rotatable bonds is 4. The molecule has 2 saturated heterocycles. The fourth-order valence-electron chi connectivity index (χ4n) is 2.80. The molecular weight excluding hydrogens is 188 g/mol. The summed E-state index contributed by atoms with van der Waals surface area (Å²) in [6.45, 7) is 8.11. The summed E-state index contributed by atoms with van der Waals surface area (Å²) in [5.74, 6) is 0.788. The lowest BCUT2D eigenvalue weighted by Gasteiger charge is -2.55. The van der Waals surface area contributed by atoms with Crippen LogP contribution in [0.25, 0.3) is 0 Å². The maximum Gasteiger partial charge on any atom is 0.114 e. The fraction of sp³-hybridized carbons (Fsp3) is 0.583. The van der Waals surface area contributed by atoms with Crippen molar-refractivity contribution in [1.29, 1.82) is 0 Å². The second-order valence-electron chi connectivity index (χ2n) is 4.53. The molecule has 3 rings (SSSR count). The molecule has 0 radical (unpaired) electrons. The number of allylic oxidation sites excluding steroid dienone is 2. The highest BCUT2D eigenvalue weighted by Crippen LogP contribution is 2.46. The molecule has 0 spiro atoms. The van der Waals surface area contributed by atoms with Crippen molar-refractivity contribution >= 4 is 6.72 Å². The number of aliphatic hydroxyl groups is 1. The van der Waals surface area contributed by atoms with Crippen molar-refractivity contribution in [3.8, 4) is 0 Å². The first-order valence-corrected chi connectivity index (χ1v) is 5.44. The van der Waals surface area contributed by atoms with Crippen LogP contribution in [0, 0.1) is 5.92 Å². The van der Waals surface area contributed by atoms with E-state index in [1.165, 1.54) is 6.42 Å². The number of aliphatic hydroxyl groups excluding tert-OH is 1. The molecule has 0 aromatic rings. The highest BCUT2D eigenvalue weighted by atomic mass is 16.3. The third kappa shape index (κ3) is 1.66. The summed E-state index contributed by atoms with van der Waals surface area (Å²) in [5, 5.41) is 13.7. The molecule has 1 aliphatic carbocycles. The number of aliphatic imine (C=N–C) groups is 1. The van der Waals surface area contributed by atoms with Crippen molar-refractivity contribution in [2.45, 2.75) is 30.9 Å². The monoisotopic (exact) mass is 206 g/mol. The molecule has 3 aliphatic rings. The van der Waals surface area contributed by atoms with Gasteiger partial charge in [0.2, 0.25) is 0 Å². The lowest BCUT2D eigenvalue weighted by atomic mass is 9.61. The SMILES string of the molecule is C=C/C=C(\N=C)C(O)C12CC(CCN1)C2. The molecule has 0 aromatic heterocycles. The topological polar surface area (TPSA) is 44.6 Å². The van der Waals surface area contributed by atoms with Crippen molar-refractivity contribution in [2.24, 2.45) is 10.9 Å². The summed E-state index contributed by atoms with van der Waals surface area (Å²) in [4.78, 5) is 3.87. The van der Waals surface area contributed by atoms with E-state index in [9.17, 15) is 5.11 Å². The zero-order valence-electron chi connectivity index (χ0n) is 8.95. The number of nitrogens with one attached hydrogen (secondary N) is 1. The third-order valence-electron chi connectivity index (χ3n) is 3.61. The normalized spacial score (nSPS) is 36.6. The van der Waals surface area contributed by atoms with E-state index < -0.39 is 6.10 Å². The highest BCUT2D eigenvalue weighted by Gasteiger charge is 2.52. The van der Waals surface area contributed by atoms with Crippen molar-refractivity contribution in [3.63, 3.8) is 0 Å². The third-order valence-corrected chi connectivity index (χ3v) is 3.61. The number of piperidine rings is 2. The average molecular weight is 206 g/mol. The smallest absolute Gasteiger partial charge is 0.114 e. The Balaban J connectivity index is 2.12. The van der Waals surface area contributed by atoms with Crippen LogP contribution in [0.15, 0.2) is 29.4 Å². The van der Waals surface area contributed by atoms with Crippen molar-refractivity contribution in [3.05, 3.63) is 24.4 Å². The molecule has 2 bridgehead atoms. The molecule has 1 unspecified atom stereocenters. The van der Waals surface area contributed by atoms with E-state index in [1.807, 2.05) is 0 Å². The first-order valence-electron chi connectivity index (χ1n) is 5.44. The summed E-state index contributed by atoms with van der Waals surface area (Å²) in [7, 11) is 0. The van der Waals surface area contributed by atoms with Crippen LogP contribution in [0.4, 0.5) is 0 Å². The zero-order chi connectivity index (χ0) is 10.9. The molecule has 3 heteroatoms. The predicted molar refractivity (Wildman–Crippen MR) is 61.9 cm³/mol. The second kappa shape index (κ2) is 3.91. The van der Waals surface area contributed by atoms with E-state index in [0.717, 1.165) is 25.3 Å². The first kappa shape index (κ1) is 10.6. The zero-order valence-corrected chi connectivity index (χ0v) is 8.95. The van der Waals surface area contributed by atoms with Crippen molar-refractivity contribution in [2.75, 3.05) is 6.54 Å². The Kier molecular flexibility index (Phi) is 2.76. The molecule has 1 saturated carbocycles. The molecule has 2 N–H and O–H groups in total. The predicted octanol–water partition coefficient (Wildman–Crippen LogP) is 1.26. The number of hydrogen-bond donors (Lipinski definition) is 2. The molecule has 2 heterocycles. The van der Waals surface area contributed by atoms with Crippen molar-refractivity contribution in [1.82, 2.24) is 5.32 Å². The highest BCUT2D eigenvalue weighted by molar-refractivity contribution is 5.34. The molecule has 3 fully saturated rings. The van der Waals surface area contributed by atoms with Crippen molar-refractivity contribution < 1.29 is 5.11 Å². The number of hydrogen-bond acceptors (Lipinski definition) is 3. The summed E-state index contributed by atoms with van der Waals surface area (Å²) < 4.78 is 0. The van der Waals surface area contributed by atoms with Gasteiger partial charge in [0.25, 0.3) is 0 Å². The van der Waals surface area contributed by atoms with E-state index in [2.05, 4.69) is 23.6 Å². The van der Waals surface area contributed by atoms with Gasteiger partial charge in [-0.05, 0) is 44.5 Å². The van der Waals surface area contributed by atoms with Crippen LogP contribution >= 0.6 is 0 Å². The molecule has 0 amide bonds. The Labute approximate surface area is 90.6 Å². The molecule has 2 aliphatic heterocycles. The van der Waals surface area contributed by atoms with Crippen LogP contribution in [0.1, 0.15) is 19.3 Å². The van der Waals surface area contributed by atoms with Crippen LogP contribution in [-0.2, 0) is 0 Å². The van der Waals surface area contributed by atoms with Crippen LogP contribution in [0.5, 0.6) is 0 Å². The Morgan fingerprint density at radius 3 is 2.80 bits per heavy atom. The minimum absolute atomic E-state index is 0.140. The molecule has 3 nitrogen and oxygen atoms in total. The Hall–Kier alpha value is -0.930. The number of fused-ring (bicyclic) bond motifs is 2. The Bertz CT molecular complexity index is 297. The van der Waals surface area contributed by atoms with E-state index in [0.29, 0.717) is 5.70 Å². The molecule has 82 valence electrons. The molecular formula is C12H18N2O. The van der Waals surface area contributed by atoms with E-state index in [4.69, 9.17) is 0 Å². The van der Waals surface area contributed by atoms with Gasteiger partial charge in [0, 0.05) is 0 Å². The Morgan fingerprint density at radius 2 is 2.33 bits per heavy atom. The standard InChI is InChI=1S/C12H18N2O/c1-3-4-10(13-2)11(15)12-7-9(8-12)5-6-14-12/h3-4,9,11,14-15H,1-2,5-8H2/b10-4-. The summed E-state index contributed by atoms with van der Waals surface area (Å²) in [6.07, 6.45) is 6.16. The van der Waals surface area contributed by atoms with Crippen LogP contribution < -0.4 is 5.32 Å². The number of nitrogens with zero attached hydrogens (tertiary/aromatic N) is 1. The largest absolute Gasteiger partial charge is 0.385 e. The molecule has 1 atom stereocenters. The van der Waals surface area contributed by atoms with Gasteiger partial charge in [0.15, 0.2) is 0 Å². The molecule has 0 aromatic carbocycles. The van der Waals surface area contributed by atoms with Gasteiger partial charge in [-0.2, -0.15) is 0 Å². The van der Waals surface area contributed by atoms with Crippen LogP contribution in [-0.4, -0.2) is 30.0 Å². The van der Waals surface area contributed by atoms with Crippen LogP contribution in [0.2, 0.25) is 0 Å². The summed E-state index contributed by atoms with van der Waals surface area (Å²) >= 11 is 0. The summed E-state index contributed by atoms with van der Waals surface area (Å²) in [5.41, 5.74) is 0.483. The minimum Gasteiger partial charge on any atom is -0.385 e. The molecule has 15 heavy (non-hydrogen) atoms. The van der Waals surface area contributed by atoms with Gasteiger partial charge in [-0.25, -0.2) is 0 Å². The second-order valence-corrected chi connectivity index (χ2v) is 4.53. The van der Waals surface area contributed by atoms with Gasteiger partial charge in [-0.3, -0.25) is 4.99 Å². The van der Waals surface area contributed by atoms with Crippen LogP contribution in [0.3, 0.4) is 0 Å². The van der Waals surface area contributed by atoms with Gasteiger partial charge in [-0.1, -0.05) is 12.7 Å². The fourth-order valence-corrected chi connectivity index (χ4v) is 2.80. The maximum absolute atomic E-state index is 10.2. The average Bonchev–Trinajstić information content (AvgIpc) is 2.24. The van der Waals surface area contributed by atoms with E-state index in [1.54, 1.807) is 12.2 Å². The van der Waals surface area contributed by atoms with Gasteiger partial charge in [0.1, 0.15) is 6.10 Å². The van der Waals surface area contributed by atoms with Gasteiger partial charge in [0.05, 0.1) is 11.2 Å². The first-order chi connectivity index (χ1) is 7.22. The lowest BCUT2D eigenvalue weighted by molar-refractivity contribution is -0.0365.